The first-order valence-corrected chi connectivity index (χ1v) is 11.1. The minimum absolute atomic E-state index is 0.00142. The van der Waals surface area contributed by atoms with Gasteiger partial charge in [0, 0.05) is 23.4 Å². The van der Waals surface area contributed by atoms with Gasteiger partial charge in [0.05, 0.1) is 11.1 Å². The van der Waals surface area contributed by atoms with Crippen LogP contribution in [0.15, 0.2) is 35.7 Å². The van der Waals surface area contributed by atoms with E-state index in [-0.39, 0.29) is 5.75 Å². The van der Waals surface area contributed by atoms with E-state index in [4.69, 9.17) is 9.97 Å². The Bertz CT molecular complexity index is 1030. The van der Waals surface area contributed by atoms with Gasteiger partial charge in [-0.15, -0.1) is 11.3 Å². The van der Waals surface area contributed by atoms with Crippen molar-refractivity contribution >= 4 is 37.4 Å². The number of nitrogens with zero attached hydrogens (tertiary/aromatic N) is 2. The molecule has 1 aromatic carbocycles. The fourth-order valence-electron chi connectivity index (χ4n) is 2.85. The maximum atomic E-state index is 11.7. The fraction of sp³-hybridized carbons (Fsp3) is 0.333. The summed E-state index contributed by atoms with van der Waals surface area (Å²) in [7, 11) is -1.83. The van der Waals surface area contributed by atoms with Crippen molar-refractivity contribution in [2.24, 2.45) is 0 Å². The third-order valence-corrected chi connectivity index (χ3v) is 6.69. The van der Waals surface area contributed by atoms with Crippen molar-refractivity contribution in [3.63, 3.8) is 0 Å². The van der Waals surface area contributed by atoms with Crippen LogP contribution in [0.1, 0.15) is 24.6 Å². The Morgan fingerprint density at radius 3 is 2.65 bits per heavy atom. The van der Waals surface area contributed by atoms with E-state index < -0.39 is 10.0 Å². The van der Waals surface area contributed by atoms with Crippen LogP contribution in [0.5, 0.6) is 0 Å². The van der Waals surface area contributed by atoms with Crippen LogP contribution >= 0.6 is 11.3 Å². The lowest BCUT2D eigenvalue weighted by Crippen LogP contribution is -2.26. The molecule has 4 rings (SSSR count). The Kier molecular flexibility index (Phi) is 4.64. The Balaban J connectivity index is 1.74. The van der Waals surface area contributed by atoms with Gasteiger partial charge in [0.1, 0.15) is 16.5 Å². The lowest BCUT2D eigenvalue weighted by atomic mass is 10.1. The standard InChI is InChI=1S/C18H20N4O2S2/c1-19-26(23,24)10-9-20-17-15-14(12-5-3-2-4-6-12)11-25-18(15)22-16(21-17)13-7-8-13/h2-6,11,13,19H,7-10H2,1H3,(H,20,21,22). The summed E-state index contributed by atoms with van der Waals surface area (Å²) in [5.41, 5.74) is 2.18. The van der Waals surface area contributed by atoms with Crippen LogP contribution < -0.4 is 10.0 Å². The molecule has 1 aliphatic rings. The third kappa shape index (κ3) is 3.58. The van der Waals surface area contributed by atoms with Crippen LogP contribution in [0.2, 0.25) is 0 Å². The Morgan fingerprint density at radius 1 is 1.19 bits per heavy atom. The number of aromatic nitrogens is 2. The predicted octanol–water partition coefficient (Wildman–Crippen LogP) is 3.20. The number of benzene rings is 1. The van der Waals surface area contributed by atoms with Gasteiger partial charge in [-0.25, -0.2) is 23.1 Å². The second-order valence-corrected chi connectivity index (χ2v) is 9.25. The van der Waals surface area contributed by atoms with Gasteiger partial charge in [-0.05, 0) is 25.5 Å². The van der Waals surface area contributed by atoms with Gasteiger partial charge in [0.15, 0.2) is 0 Å². The monoisotopic (exact) mass is 388 g/mol. The van der Waals surface area contributed by atoms with E-state index in [0.29, 0.717) is 12.5 Å². The molecular formula is C18H20N4O2S2. The summed E-state index contributed by atoms with van der Waals surface area (Å²) in [6, 6.07) is 10.1. The Hall–Kier alpha value is -2.03. The lowest BCUT2D eigenvalue weighted by Gasteiger charge is -2.10. The summed E-state index contributed by atoms with van der Waals surface area (Å²) in [6.07, 6.45) is 2.24. The van der Waals surface area contributed by atoms with E-state index in [9.17, 15) is 8.42 Å². The molecule has 1 saturated carbocycles. The Morgan fingerprint density at radius 2 is 1.96 bits per heavy atom. The third-order valence-electron chi connectivity index (χ3n) is 4.45. The molecule has 0 spiro atoms. The van der Waals surface area contributed by atoms with Crippen LogP contribution in [0.4, 0.5) is 5.82 Å². The first-order chi connectivity index (χ1) is 12.6. The first kappa shape index (κ1) is 17.4. The predicted molar refractivity (Wildman–Crippen MR) is 106 cm³/mol. The van der Waals surface area contributed by atoms with Gasteiger partial charge in [0.25, 0.3) is 0 Å². The van der Waals surface area contributed by atoms with E-state index >= 15 is 0 Å². The largest absolute Gasteiger partial charge is 0.368 e. The van der Waals surface area contributed by atoms with Crippen molar-refractivity contribution < 1.29 is 8.42 Å². The molecule has 3 aromatic rings. The second kappa shape index (κ2) is 6.94. The summed E-state index contributed by atoms with van der Waals surface area (Å²) in [4.78, 5) is 10.4. The molecule has 1 fully saturated rings. The molecule has 26 heavy (non-hydrogen) atoms. The van der Waals surface area contributed by atoms with E-state index in [1.54, 1.807) is 11.3 Å². The van der Waals surface area contributed by atoms with Crippen molar-refractivity contribution in [2.45, 2.75) is 18.8 Å². The Labute approximate surface area is 156 Å². The zero-order chi connectivity index (χ0) is 18.1. The number of rotatable bonds is 7. The summed E-state index contributed by atoms with van der Waals surface area (Å²) in [5, 5.41) is 6.30. The van der Waals surface area contributed by atoms with Crippen molar-refractivity contribution in [3.05, 3.63) is 41.5 Å². The molecule has 0 unspecified atom stereocenters. The summed E-state index contributed by atoms with van der Waals surface area (Å²) in [6.45, 7) is 0.295. The summed E-state index contributed by atoms with van der Waals surface area (Å²) in [5.74, 6) is 2.02. The molecule has 0 aliphatic heterocycles. The molecular weight excluding hydrogens is 368 g/mol. The summed E-state index contributed by atoms with van der Waals surface area (Å²) >= 11 is 1.60. The molecule has 0 amide bonds. The quantitative estimate of drug-likeness (QED) is 0.649. The van der Waals surface area contributed by atoms with Crippen LogP contribution in [0.3, 0.4) is 0 Å². The fourth-order valence-corrected chi connectivity index (χ4v) is 4.38. The molecule has 2 aromatic heterocycles. The second-order valence-electron chi connectivity index (χ2n) is 6.35. The highest BCUT2D eigenvalue weighted by Gasteiger charge is 2.28. The van der Waals surface area contributed by atoms with Crippen molar-refractivity contribution in [1.29, 1.82) is 0 Å². The summed E-state index contributed by atoms with van der Waals surface area (Å²) < 4.78 is 25.7. The highest BCUT2D eigenvalue weighted by Crippen LogP contribution is 2.42. The van der Waals surface area contributed by atoms with Crippen LogP contribution in [0, 0.1) is 0 Å². The zero-order valence-electron chi connectivity index (χ0n) is 14.4. The van der Waals surface area contributed by atoms with Crippen LogP contribution in [0.25, 0.3) is 21.3 Å². The molecule has 8 heteroatoms. The van der Waals surface area contributed by atoms with Crippen molar-refractivity contribution in [2.75, 3.05) is 24.7 Å². The van der Waals surface area contributed by atoms with Gasteiger partial charge in [-0.2, -0.15) is 0 Å². The highest BCUT2D eigenvalue weighted by molar-refractivity contribution is 7.89. The van der Waals surface area contributed by atoms with Crippen molar-refractivity contribution in [1.82, 2.24) is 14.7 Å². The number of fused-ring (bicyclic) bond motifs is 1. The number of hydrogen-bond acceptors (Lipinski definition) is 6. The molecule has 0 radical (unpaired) electrons. The maximum absolute atomic E-state index is 11.7. The van der Waals surface area contributed by atoms with E-state index in [2.05, 4.69) is 27.6 Å². The van der Waals surface area contributed by atoms with Crippen LogP contribution in [-0.2, 0) is 10.0 Å². The first-order valence-electron chi connectivity index (χ1n) is 8.57. The average molecular weight is 389 g/mol. The molecule has 1 aliphatic carbocycles. The van der Waals surface area contributed by atoms with Crippen molar-refractivity contribution in [3.8, 4) is 11.1 Å². The van der Waals surface area contributed by atoms with E-state index in [1.807, 2.05) is 18.2 Å². The normalized spacial score (nSPS) is 14.7. The van der Waals surface area contributed by atoms with Crippen LogP contribution in [-0.4, -0.2) is 37.7 Å². The molecule has 2 heterocycles. The molecule has 0 atom stereocenters. The van der Waals surface area contributed by atoms with Gasteiger partial charge >= 0.3 is 0 Å². The SMILES string of the molecule is CNS(=O)(=O)CCNc1nc(C2CC2)nc2scc(-c3ccccc3)c12. The topological polar surface area (TPSA) is 84.0 Å². The smallest absolute Gasteiger partial charge is 0.213 e. The van der Waals surface area contributed by atoms with Gasteiger partial charge in [-0.1, -0.05) is 30.3 Å². The van der Waals surface area contributed by atoms with E-state index in [0.717, 1.165) is 45.8 Å². The lowest BCUT2D eigenvalue weighted by molar-refractivity contribution is 0.588. The number of anilines is 1. The minimum atomic E-state index is -3.26. The molecule has 0 saturated heterocycles. The van der Waals surface area contributed by atoms with E-state index in [1.165, 1.54) is 7.05 Å². The minimum Gasteiger partial charge on any atom is -0.368 e. The van der Waals surface area contributed by atoms with Gasteiger partial charge < -0.3 is 5.32 Å². The van der Waals surface area contributed by atoms with Gasteiger partial charge in [-0.3, -0.25) is 0 Å². The number of nitrogens with one attached hydrogen (secondary N) is 2. The molecule has 136 valence electrons. The molecule has 6 nitrogen and oxygen atoms in total. The molecule has 2 N–H and O–H groups in total. The average Bonchev–Trinajstić information content (AvgIpc) is 3.41. The zero-order valence-corrected chi connectivity index (χ0v) is 16.0. The highest BCUT2D eigenvalue weighted by atomic mass is 32.2. The van der Waals surface area contributed by atoms with Gasteiger partial charge in [0.2, 0.25) is 10.0 Å². The number of thiophene rings is 1. The number of hydrogen-bond donors (Lipinski definition) is 2. The maximum Gasteiger partial charge on any atom is 0.213 e. The number of sulfonamides is 1. The molecule has 0 bridgehead atoms.